The number of para-hydroxylation sites is 1. The maximum absolute atomic E-state index is 13.2. The molecule has 1 aliphatic heterocycles. The van der Waals surface area contributed by atoms with E-state index in [4.69, 9.17) is 5.26 Å². The van der Waals surface area contributed by atoms with Gasteiger partial charge in [0.15, 0.2) is 0 Å². The third kappa shape index (κ3) is 3.88. The molecule has 1 saturated heterocycles. The first-order valence-corrected chi connectivity index (χ1v) is 9.59. The summed E-state index contributed by atoms with van der Waals surface area (Å²) >= 11 is 3.48. The number of halogens is 1. The molecule has 5 nitrogen and oxygen atoms in total. The minimum atomic E-state index is -0.419. The molecule has 0 aromatic heterocycles. The van der Waals surface area contributed by atoms with Crippen molar-refractivity contribution in [3.05, 3.63) is 58.6 Å². The Morgan fingerprint density at radius 2 is 2.00 bits per heavy atom. The topological polar surface area (TPSA) is 64.4 Å². The van der Waals surface area contributed by atoms with Gasteiger partial charge < -0.3 is 9.80 Å². The molecule has 0 bridgehead atoms. The fraction of sp³-hybridized carbons (Fsp3) is 0.286. The summed E-state index contributed by atoms with van der Waals surface area (Å²) < 4.78 is 0.828. The highest BCUT2D eigenvalue weighted by Crippen LogP contribution is 2.33. The molecule has 0 N–H and O–H groups in total. The maximum atomic E-state index is 13.2. The van der Waals surface area contributed by atoms with Gasteiger partial charge in [-0.25, -0.2) is 0 Å². The Hall–Kier alpha value is -2.65. The van der Waals surface area contributed by atoms with Gasteiger partial charge in [-0.05, 0) is 60.1 Å². The number of hydrogen-bond donors (Lipinski definition) is 0. The zero-order valence-corrected chi connectivity index (χ0v) is 16.8. The second-order valence-electron chi connectivity index (χ2n) is 6.82. The van der Waals surface area contributed by atoms with Crippen LogP contribution in [0.3, 0.4) is 0 Å². The van der Waals surface area contributed by atoms with E-state index in [1.807, 2.05) is 44.2 Å². The fourth-order valence-corrected chi connectivity index (χ4v) is 3.88. The SMILES string of the molecule is CC(C)N(C(=O)C1CC(=O)N(c2ccccc2Br)C1)c1cccc(C#N)c1. The van der Waals surface area contributed by atoms with Gasteiger partial charge in [-0.1, -0.05) is 18.2 Å². The van der Waals surface area contributed by atoms with E-state index >= 15 is 0 Å². The highest BCUT2D eigenvalue weighted by atomic mass is 79.9. The van der Waals surface area contributed by atoms with Gasteiger partial charge in [0.1, 0.15) is 0 Å². The largest absolute Gasteiger partial charge is 0.310 e. The van der Waals surface area contributed by atoms with Crippen LogP contribution in [0.1, 0.15) is 25.8 Å². The lowest BCUT2D eigenvalue weighted by molar-refractivity contribution is -0.124. The molecule has 2 aromatic carbocycles. The summed E-state index contributed by atoms with van der Waals surface area (Å²) in [5.74, 6) is -0.574. The number of nitriles is 1. The second kappa shape index (κ2) is 7.93. The van der Waals surface area contributed by atoms with Crippen molar-refractivity contribution < 1.29 is 9.59 Å². The lowest BCUT2D eigenvalue weighted by Gasteiger charge is -2.29. The number of anilines is 2. The molecule has 1 unspecified atom stereocenters. The minimum absolute atomic E-state index is 0.0604. The molecule has 1 heterocycles. The lowest BCUT2D eigenvalue weighted by atomic mass is 10.0. The van der Waals surface area contributed by atoms with Gasteiger partial charge in [-0.3, -0.25) is 9.59 Å². The number of rotatable bonds is 4. The van der Waals surface area contributed by atoms with E-state index in [2.05, 4.69) is 22.0 Å². The van der Waals surface area contributed by atoms with E-state index in [-0.39, 0.29) is 24.3 Å². The number of carbonyl (C=O) groups is 2. The van der Waals surface area contributed by atoms with Crippen molar-refractivity contribution in [3.8, 4) is 6.07 Å². The smallest absolute Gasteiger partial charge is 0.232 e. The molecule has 0 spiro atoms. The van der Waals surface area contributed by atoms with Crippen LogP contribution in [0.2, 0.25) is 0 Å². The Labute approximate surface area is 167 Å². The highest BCUT2D eigenvalue weighted by Gasteiger charge is 2.38. The molecule has 2 aromatic rings. The van der Waals surface area contributed by atoms with Crippen molar-refractivity contribution in [1.29, 1.82) is 5.26 Å². The van der Waals surface area contributed by atoms with Crippen molar-refractivity contribution in [2.75, 3.05) is 16.3 Å². The van der Waals surface area contributed by atoms with Crippen molar-refractivity contribution >= 4 is 39.1 Å². The van der Waals surface area contributed by atoms with Gasteiger partial charge >= 0.3 is 0 Å². The Morgan fingerprint density at radius 1 is 1.26 bits per heavy atom. The van der Waals surface area contributed by atoms with E-state index in [0.717, 1.165) is 10.2 Å². The predicted octanol–water partition coefficient (Wildman–Crippen LogP) is 4.12. The van der Waals surface area contributed by atoms with Crippen LogP contribution in [-0.2, 0) is 9.59 Å². The molecule has 2 amide bonds. The van der Waals surface area contributed by atoms with Gasteiger partial charge in [0.25, 0.3) is 0 Å². The Balaban J connectivity index is 1.86. The van der Waals surface area contributed by atoms with Crippen molar-refractivity contribution in [1.82, 2.24) is 0 Å². The van der Waals surface area contributed by atoms with Crippen LogP contribution in [0.4, 0.5) is 11.4 Å². The van der Waals surface area contributed by atoms with Crippen LogP contribution in [0.15, 0.2) is 53.0 Å². The van der Waals surface area contributed by atoms with Crippen LogP contribution in [0.25, 0.3) is 0 Å². The van der Waals surface area contributed by atoms with E-state index in [0.29, 0.717) is 17.8 Å². The summed E-state index contributed by atoms with van der Waals surface area (Å²) in [6.07, 6.45) is 0.182. The number of carbonyl (C=O) groups excluding carboxylic acids is 2. The summed E-state index contributed by atoms with van der Waals surface area (Å²) in [6.45, 7) is 4.21. The van der Waals surface area contributed by atoms with Crippen LogP contribution in [0.5, 0.6) is 0 Å². The Morgan fingerprint density at radius 3 is 2.67 bits per heavy atom. The third-order valence-electron chi connectivity index (χ3n) is 4.62. The van der Waals surface area contributed by atoms with E-state index in [1.165, 1.54) is 0 Å². The van der Waals surface area contributed by atoms with Crippen molar-refractivity contribution in [3.63, 3.8) is 0 Å². The molecule has 0 aliphatic carbocycles. The molecule has 1 atom stereocenters. The summed E-state index contributed by atoms with van der Waals surface area (Å²) in [4.78, 5) is 29.2. The monoisotopic (exact) mass is 425 g/mol. The number of benzene rings is 2. The molecule has 0 radical (unpaired) electrons. The molecule has 1 fully saturated rings. The summed E-state index contributed by atoms with van der Waals surface area (Å²) in [5, 5.41) is 9.14. The van der Waals surface area contributed by atoms with Gasteiger partial charge in [-0.15, -0.1) is 0 Å². The van der Waals surface area contributed by atoms with Gasteiger partial charge in [0.2, 0.25) is 11.8 Å². The lowest BCUT2D eigenvalue weighted by Crippen LogP contribution is -2.42. The first kappa shape index (κ1) is 19.1. The van der Waals surface area contributed by atoms with Gasteiger partial charge in [-0.2, -0.15) is 5.26 Å². The van der Waals surface area contributed by atoms with Crippen LogP contribution in [0, 0.1) is 17.2 Å². The molecule has 0 saturated carbocycles. The van der Waals surface area contributed by atoms with Gasteiger partial charge in [0, 0.05) is 29.2 Å². The number of amides is 2. The predicted molar refractivity (Wildman–Crippen MR) is 108 cm³/mol. The van der Waals surface area contributed by atoms with Gasteiger partial charge in [0.05, 0.1) is 23.2 Å². The molecule has 1 aliphatic rings. The summed E-state index contributed by atoms with van der Waals surface area (Å²) in [7, 11) is 0. The molecule has 27 heavy (non-hydrogen) atoms. The quantitative estimate of drug-likeness (QED) is 0.739. The number of hydrogen-bond acceptors (Lipinski definition) is 3. The standard InChI is InChI=1S/C21H20BrN3O2/c1-14(2)25(17-7-5-6-15(10-17)12-23)21(27)16-11-20(26)24(13-16)19-9-4-3-8-18(19)22/h3-10,14,16H,11,13H2,1-2H3. The van der Waals surface area contributed by atoms with E-state index < -0.39 is 5.92 Å². The Bertz CT molecular complexity index is 920. The molecule has 3 rings (SSSR count). The highest BCUT2D eigenvalue weighted by molar-refractivity contribution is 9.10. The summed E-state index contributed by atoms with van der Waals surface area (Å²) in [5.41, 5.74) is 1.96. The zero-order chi connectivity index (χ0) is 19.6. The van der Waals surface area contributed by atoms with Crippen LogP contribution >= 0.6 is 15.9 Å². The second-order valence-corrected chi connectivity index (χ2v) is 7.68. The van der Waals surface area contributed by atoms with Crippen LogP contribution < -0.4 is 9.80 Å². The molecular weight excluding hydrogens is 406 g/mol. The average Bonchev–Trinajstić information content (AvgIpc) is 3.03. The first-order chi connectivity index (χ1) is 12.9. The molecule has 6 heteroatoms. The summed E-state index contributed by atoms with van der Waals surface area (Å²) in [6, 6.07) is 16.5. The normalized spacial score (nSPS) is 16.5. The fourth-order valence-electron chi connectivity index (χ4n) is 3.38. The van der Waals surface area contributed by atoms with Crippen LogP contribution in [-0.4, -0.2) is 24.4 Å². The third-order valence-corrected chi connectivity index (χ3v) is 5.30. The maximum Gasteiger partial charge on any atom is 0.232 e. The van der Waals surface area contributed by atoms with Crippen molar-refractivity contribution in [2.45, 2.75) is 26.3 Å². The minimum Gasteiger partial charge on any atom is -0.310 e. The molecule has 138 valence electrons. The van der Waals surface area contributed by atoms with E-state index in [1.54, 1.807) is 28.0 Å². The van der Waals surface area contributed by atoms with Crippen molar-refractivity contribution in [2.24, 2.45) is 5.92 Å². The first-order valence-electron chi connectivity index (χ1n) is 8.80. The van der Waals surface area contributed by atoms with E-state index in [9.17, 15) is 9.59 Å². The zero-order valence-electron chi connectivity index (χ0n) is 15.2. The Kier molecular flexibility index (Phi) is 5.62. The number of nitrogens with zero attached hydrogens (tertiary/aromatic N) is 3. The molecular formula is C21H20BrN3O2. The average molecular weight is 426 g/mol.